The van der Waals surface area contributed by atoms with Crippen LogP contribution in [-0.2, 0) is 20.2 Å². The molecule has 0 aromatic heterocycles. The van der Waals surface area contributed by atoms with Crippen LogP contribution in [0.4, 0.5) is 34.1 Å². The third-order valence-corrected chi connectivity index (χ3v) is 5.93. The molecule has 2 aromatic carbocycles. The number of nitrogens with zero attached hydrogens (tertiary/aromatic N) is 1. The first-order valence-corrected chi connectivity index (χ1v) is 10.7. The maximum Gasteiger partial charge on any atom is 0.434 e. The second-order valence-corrected chi connectivity index (χ2v) is 9.12. The molecule has 0 radical (unpaired) electrons. The molecule has 13 heteroatoms. The van der Waals surface area contributed by atoms with Crippen molar-refractivity contribution in [3.63, 3.8) is 0 Å². The molecule has 166 valence electrons. The highest BCUT2D eigenvalue weighted by molar-refractivity contribution is 7.90. The van der Waals surface area contributed by atoms with Crippen molar-refractivity contribution in [2.45, 2.75) is 16.7 Å². The second-order valence-electron chi connectivity index (χ2n) is 6.66. The molecule has 1 aliphatic heterocycles. The first-order valence-electron chi connectivity index (χ1n) is 8.42. The Bertz CT molecular complexity index is 1150. The minimum absolute atomic E-state index is 0.0912. The highest BCUT2D eigenvalue weighted by Gasteiger charge is 2.63. The maximum atomic E-state index is 14.3. The van der Waals surface area contributed by atoms with Gasteiger partial charge in [-0.25, -0.2) is 18.0 Å². The van der Waals surface area contributed by atoms with Gasteiger partial charge in [-0.05, 0) is 42.5 Å². The van der Waals surface area contributed by atoms with Gasteiger partial charge in [0.25, 0.3) is 5.60 Å². The Morgan fingerprint density at radius 3 is 2.35 bits per heavy atom. The van der Waals surface area contributed by atoms with Gasteiger partial charge in [0.1, 0.15) is 0 Å². The fraction of sp³-hybridized carbons (Fsp3) is 0.222. The van der Waals surface area contributed by atoms with Crippen molar-refractivity contribution >= 4 is 45.0 Å². The highest BCUT2D eigenvalue weighted by atomic mass is 35.5. The third-order valence-electron chi connectivity index (χ3n) is 4.57. The molecular formula is C18H14ClF3N2O6S. The fourth-order valence-corrected chi connectivity index (χ4v) is 3.89. The lowest BCUT2D eigenvalue weighted by Crippen LogP contribution is -2.57. The lowest BCUT2D eigenvalue weighted by atomic mass is 9.89. The fourth-order valence-electron chi connectivity index (χ4n) is 3.09. The minimum Gasteiger partial charge on any atom is -0.465 e. The molecule has 8 nitrogen and oxygen atoms in total. The van der Waals surface area contributed by atoms with Gasteiger partial charge < -0.3 is 9.84 Å². The van der Waals surface area contributed by atoms with Gasteiger partial charge >= 0.3 is 18.4 Å². The normalized spacial score (nSPS) is 18.5. The van der Waals surface area contributed by atoms with E-state index in [9.17, 15) is 36.3 Å². The first kappa shape index (κ1) is 22.7. The number of fused-ring (bicyclic) bond motifs is 1. The molecule has 1 unspecified atom stereocenters. The van der Waals surface area contributed by atoms with E-state index in [1.54, 1.807) is 0 Å². The number of alkyl halides is 3. The molecule has 1 aliphatic rings. The average molecular weight is 479 g/mol. The van der Waals surface area contributed by atoms with Crippen molar-refractivity contribution in [2.24, 2.45) is 0 Å². The van der Waals surface area contributed by atoms with Crippen molar-refractivity contribution < 1.29 is 41.0 Å². The van der Waals surface area contributed by atoms with Crippen molar-refractivity contribution in [3.05, 3.63) is 53.1 Å². The summed E-state index contributed by atoms with van der Waals surface area (Å²) in [4.78, 5) is 23.9. The molecule has 0 saturated carbocycles. The molecule has 0 spiro atoms. The van der Waals surface area contributed by atoms with E-state index in [1.807, 2.05) is 0 Å². The second kappa shape index (κ2) is 7.61. The number of cyclic esters (lactones) is 1. The van der Waals surface area contributed by atoms with Crippen LogP contribution in [0, 0.1) is 0 Å². The van der Waals surface area contributed by atoms with Crippen LogP contribution >= 0.6 is 11.6 Å². The first-order chi connectivity index (χ1) is 14.2. The van der Waals surface area contributed by atoms with Crippen LogP contribution in [0.25, 0.3) is 0 Å². The summed E-state index contributed by atoms with van der Waals surface area (Å²) in [5.41, 5.74) is -4.45. The van der Waals surface area contributed by atoms with E-state index in [2.05, 4.69) is 10.1 Å². The Labute approximate surface area is 179 Å². The van der Waals surface area contributed by atoms with Crippen LogP contribution in [0.1, 0.15) is 5.56 Å². The van der Waals surface area contributed by atoms with Gasteiger partial charge in [0, 0.05) is 22.5 Å². The number of ether oxygens (including phenoxy) is 1. The number of nitrogens with one attached hydrogen (secondary N) is 1. The van der Waals surface area contributed by atoms with Crippen LogP contribution in [0.2, 0.25) is 5.02 Å². The molecule has 0 aliphatic carbocycles. The quantitative estimate of drug-likeness (QED) is 0.679. The molecule has 2 amide bonds. The molecular weight excluding hydrogens is 465 g/mol. The lowest BCUT2D eigenvalue weighted by Gasteiger charge is -2.41. The van der Waals surface area contributed by atoms with Crippen molar-refractivity contribution in [3.8, 4) is 0 Å². The molecule has 1 atom stereocenters. The summed E-state index contributed by atoms with van der Waals surface area (Å²) in [5, 5.41) is 11.6. The molecule has 31 heavy (non-hydrogen) atoms. The summed E-state index contributed by atoms with van der Waals surface area (Å²) in [7, 11) is -3.62. The SMILES string of the molecule is CS(=O)(=O)c1ccc(N(CC2(C(F)(F)F)OC(=O)Nc3ccc(Cl)cc32)C(=O)O)cc1. The number of anilines is 2. The van der Waals surface area contributed by atoms with E-state index < -0.39 is 45.9 Å². The number of carbonyl (C=O) groups is 2. The zero-order valence-electron chi connectivity index (χ0n) is 15.6. The van der Waals surface area contributed by atoms with Gasteiger partial charge in [-0.1, -0.05) is 11.6 Å². The summed E-state index contributed by atoms with van der Waals surface area (Å²) in [6.07, 6.45) is -7.52. The van der Waals surface area contributed by atoms with Gasteiger partial charge in [-0.2, -0.15) is 13.2 Å². The summed E-state index contributed by atoms with van der Waals surface area (Å²) in [6, 6.07) is 7.51. The smallest absolute Gasteiger partial charge is 0.434 e. The number of benzene rings is 2. The zero-order chi connectivity index (χ0) is 23.2. The number of carboxylic acid groups (broad SMARTS) is 1. The van der Waals surface area contributed by atoms with E-state index in [0.717, 1.165) is 42.7 Å². The summed E-state index contributed by atoms with van der Waals surface area (Å²) < 4.78 is 70.7. The van der Waals surface area contributed by atoms with Crippen LogP contribution in [0.15, 0.2) is 47.4 Å². The molecule has 0 bridgehead atoms. The molecule has 0 fully saturated rings. The Balaban J connectivity index is 2.15. The summed E-state index contributed by atoms with van der Waals surface area (Å²) in [5.74, 6) is 0. The molecule has 0 saturated heterocycles. The minimum atomic E-state index is -5.23. The Morgan fingerprint density at radius 1 is 1.23 bits per heavy atom. The third kappa shape index (κ3) is 4.26. The topological polar surface area (TPSA) is 113 Å². The molecule has 3 rings (SSSR count). The Hall–Kier alpha value is -2.99. The van der Waals surface area contributed by atoms with Gasteiger partial charge in [0.2, 0.25) is 0 Å². The number of carbonyl (C=O) groups excluding carboxylic acids is 1. The standard InChI is InChI=1S/C18H14ClF3N2O6S/c1-31(28,29)12-5-3-11(4-6-12)24(16(26)27)9-17(18(20,21)22)13-8-10(19)2-7-14(13)23-15(25)30-17/h2-8H,9H2,1H3,(H,23,25)(H,26,27). The predicted octanol–water partition coefficient (Wildman–Crippen LogP) is 4.25. The number of sulfone groups is 1. The average Bonchev–Trinajstić information content (AvgIpc) is 2.64. The van der Waals surface area contributed by atoms with Crippen molar-refractivity contribution in [2.75, 3.05) is 23.0 Å². The van der Waals surface area contributed by atoms with Gasteiger partial charge in [-0.3, -0.25) is 10.2 Å². The number of rotatable bonds is 4. The number of amides is 2. The van der Waals surface area contributed by atoms with E-state index in [4.69, 9.17) is 11.6 Å². The van der Waals surface area contributed by atoms with Gasteiger partial charge in [0.05, 0.1) is 17.1 Å². The van der Waals surface area contributed by atoms with Crippen molar-refractivity contribution in [1.82, 2.24) is 0 Å². The lowest BCUT2D eigenvalue weighted by molar-refractivity contribution is -0.260. The zero-order valence-corrected chi connectivity index (χ0v) is 17.2. The molecule has 1 heterocycles. The number of halogens is 4. The Morgan fingerprint density at radius 2 is 1.84 bits per heavy atom. The summed E-state index contributed by atoms with van der Waals surface area (Å²) in [6.45, 7) is -1.36. The van der Waals surface area contributed by atoms with Gasteiger partial charge in [0.15, 0.2) is 9.84 Å². The van der Waals surface area contributed by atoms with Crippen LogP contribution in [-0.4, -0.2) is 44.7 Å². The molecule has 2 aromatic rings. The van der Waals surface area contributed by atoms with E-state index in [-0.39, 0.29) is 21.3 Å². The Kier molecular flexibility index (Phi) is 5.57. The number of hydrogen-bond donors (Lipinski definition) is 2. The van der Waals surface area contributed by atoms with Gasteiger partial charge in [-0.15, -0.1) is 0 Å². The molecule has 2 N–H and O–H groups in total. The van der Waals surface area contributed by atoms with Crippen LogP contribution < -0.4 is 10.2 Å². The van der Waals surface area contributed by atoms with E-state index in [0.29, 0.717) is 4.90 Å². The van der Waals surface area contributed by atoms with Crippen LogP contribution in [0.5, 0.6) is 0 Å². The largest absolute Gasteiger partial charge is 0.465 e. The van der Waals surface area contributed by atoms with E-state index >= 15 is 0 Å². The maximum absolute atomic E-state index is 14.3. The van der Waals surface area contributed by atoms with Crippen LogP contribution in [0.3, 0.4) is 0 Å². The summed E-state index contributed by atoms with van der Waals surface area (Å²) >= 11 is 5.84. The highest BCUT2D eigenvalue weighted by Crippen LogP contribution is 2.49. The van der Waals surface area contributed by atoms with Crippen molar-refractivity contribution in [1.29, 1.82) is 0 Å². The monoisotopic (exact) mass is 478 g/mol. The number of hydrogen-bond acceptors (Lipinski definition) is 5. The predicted molar refractivity (Wildman–Crippen MR) is 104 cm³/mol. The van der Waals surface area contributed by atoms with E-state index in [1.165, 1.54) is 6.07 Å².